The first-order valence-electron chi connectivity index (χ1n) is 15.2. The molecule has 45 heavy (non-hydrogen) atoms. The number of halogens is 1. The molecular formula is C41H25IN3-. The van der Waals surface area contributed by atoms with Gasteiger partial charge in [0.2, 0.25) is 0 Å². The number of benzene rings is 6. The van der Waals surface area contributed by atoms with Crippen molar-refractivity contribution >= 4 is 43.6 Å². The first-order valence-corrected chi connectivity index (χ1v) is 17.3. The molecule has 0 amide bonds. The largest absolute Gasteiger partial charge is 0.0602 e. The molecule has 0 N–H and O–H groups in total. The number of aromatic nitrogens is 3. The summed E-state index contributed by atoms with van der Waals surface area (Å²) < 4.78 is 7.66. The number of hydrogen-bond donors (Lipinski definition) is 0. The Morgan fingerprint density at radius 2 is 1.02 bits per heavy atom. The molecule has 6 aromatic carbocycles. The van der Waals surface area contributed by atoms with Crippen LogP contribution in [0.3, 0.4) is 0 Å². The molecule has 4 heterocycles. The van der Waals surface area contributed by atoms with E-state index in [-0.39, 0.29) is 21.2 Å². The van der Waals surface area contributed by atoms with Gasteiger partial charge < -0.3 is 0 Å². The molecule has 0 saturated carbocycles. The van der Waals surface area contributed by atoms with Crippen molar-refractivity contribution in [3.63, 3.8) is 0 Å². The third kappa shape index (κ3) is 3.66. The van der Waals surface area contributed by atoms with Crippen LogP contribution >= 0.6 is 0 Å². The molecule has 3 nitrogen and oxygen atoms in total. The number of pyridine rings is 1. The van der Waals surface area contributed by atoms with Gasteiger partial charge in [0.15, 0.2) is 0 Å². The van der Waals surface area contributed by atoms with Crippen molar-refractivity contribution < 1.29 is 21.2 Å². The van der Waals surface area contributed by atoms with E-state index >= 15 is 0 Å². The summed E-state index contributed by atoms with van der Waals surface area (Å²) in [5.41, 5.74) is 11.2. The standard InChI is InChI=1S/C41H25IN3/c1-2-10-28(11-3-1)44-36-16-8-5-13-30(36)33-24-26(18-20-38(33)44)27-19-21-39-34(25-27)31-14-6-9-17-37(31)45(39)41-40-32(22-23-43-41)29-12-4-7-15-35(29)42-40/h1-25H/q-1. The molecule has 4 heteroatoms. The Labute approximate surface area is 270 Å². The predicted octanol–water partition coefficient (Wildman–Crippen LogP) is 7.05. The van der Waals surface area contributed by atoms with E-state index in [1.165, 1.54) is 78.7 Å². The first kappa shape index (κ1) is 25.2. The minimum absolute atomic E-state index is 0.315. The molecule has 0 bridgehead atoms. The summed E-state index contributed by atoms with van der Waals surface area (Å²) in [5.74, 6) is 1.07. The maximum absolute atomic E-state index is 5.04. The number of fused-ring (bicyclic) bond motifs is 9. The number of rotatable bonds is 3. The van der Waals surface area contributed by atoms with Crippen molar-refractivity contribution in [2.75, 3.05) is 0 Å². The van der Waals surface area contributed by atoms with Gasteiger partial charge in [-0.15, -0.1) is 0 Å². The van der Waals surface area contributed by atoms with Gasteiger partial charge in [-0.2, -0.15) is 0 Å². The third-order valence-electron chi connectivity index (χ3n) is 9.14. The number of para-hydroxylation sites is 3. The van der Waals surface area contributed by atoms with Gasteiger partial charge in [-0.05, 0) is 18.2 Å². The first-order chi connectivity index (χ1) is 22.3. The second kappa shape index (κ2) is 9.65. The van der Waals surface area contributed by atoms with Crippen LogP contribution in [0.15, 0.2) is 152 Å². The van der Waals surface area contributed by atoms with Crippen molar-refractivity contribution in [3.05, 3.63) is 159 Å². The van der Waals surface area contributed by atoms with Crippen molar-refractivity contribution in [3.8, 4) is 33.8 Å². The van der Waals surface area contributed by atoms with Gasteiger partial charge >= 0.3 is 217 Å². The molecule has 0 spiro atoms. The van der Waals surface area contributed by atoms with E-state index in [1.807, 2.05) is 6.20 Å². The maximum atomic E-state index is 5.04. The van der Waals surface area contributed by atoms with Gasteiger partial charge in [0.25, 0.3) is 0 Å². The van der Waals surface area contributed by atoms with Crippen LogP contribution in [0, 0.1) is 7.14 Å². The van der Waals surface area contributed by atoms with Crippen molar-refractivity contribution in [2.24, 2.45) is 0 Å². The van der Waals surface area contributed by atoms with Gasteiger partial charge in [-0.3, -0.25) is 0 Å². The molecule has 0 radical (unpaired) electrons. The molecule has 212 valence electrons. The topological polar surface area (TPSA) is 22.8 Å². The van der Waals surface area contributed by atoms with Crippen LogP contribution < -0.4 is 21.2 Å². The van der Waals surface area contributed by atoms with E-state index in [0.717, 1.165) is 5.82 Å². The SMILES string of the molecule is c1ccc(-n2c3ccccc3c3cc(-c4ccc5c(c4)c4ccccc4n5-c4nccc5c4[I-]c4ccccc4-5)ccc32)cc1. The van der Waals surface area contributed by atoms with Gasteiger partial charge in [0, 0.05) is 5.69 Å². The van der Waals surface area contributed by atoms with Crippen LogP contribution in [0.25, 0.3) is 77.4 Å². The fourth-order valence-corrected chi connectivity index (χ4v) is 10.3. The summed E-state index contributed by atoms with van der Waals surface area (Å²) in [5, 5.41) is 5.04. The van der Waals surface area contributed by atoms with E-state index < -0.39 is 0 Å². The molecule has 0 aliphatic carbocycles. The Morgan fingerprint density at radius 1 is 0.444 bits per heavy atom. The van der Waals surface area contributed by atoms with Crippen molar-refractivity contribution in [2.45, 2.75) is 0 Å². The smallest absolute Gasteiger partial charge is 0.0380 e. The van der Waals surface area contributed by atoms with Crippen LogP contribution in [0.4, 0.5) is 0 Å². The zero-order valence-electron chi connectivity index (χ0n) is 24.2. The molecule has 0 fully saturated rings. The van der Waals surface area contributed by atoms with E-state index in [2.05, 4.69) is 155 Å². The second-order valence-corrected chi connectivity index (χ2v) is 14.4. The average molecular weight is 687 g/mol. The summed E-state index contributed by atoms with van der Waals surface area (Å²) in [6.45, 7) is 0. The molecule has 3 aromatic heterocycles. The third-order valence-corrected chi connectivity index (χ3v) is 12.3. The van der Waals surface area contributed by atoms with E-state index in [4.69, 9.17) is 4.98 Å². The minimum Gasteiger partial charge on any atom is -0.0602 e. The summed E-state index contributed by atoms with van der Waals surface area (Å²) in [6, 6.07) is 53.1. The zero-order valence-corrected chi connectivity index (χ0v) is 26.3. The van der Waals surface area contributed by atoms with Crippen LogP contribution in [0.1, 0.15) is 0 Å². The Hall–Kier alpha value is -5.20. The predicted molar refractivity (Wildman–Crippen MR) is 181 cm³/mol. The summed E-state index contributed by atoms with van der Waals surface area (Å²) in [7, 11) is 0. The van der Waals surface area contributed by atoms with E-state index in [1.54, 1.807) is 0 Å². The monoisotopic (exact) mass is 686 g/mol. The van der Waals surface area contributed by atoms with Crippen molar-refractivity contribution in [1.82, 2.24) is 14.1 Å². The Kier molecular flexibility index (Phi) is 5.39. The Balaban J connectivity index is 1.18. The molecule has 0 unspecified atom stereocenters. The van der Waals surface area contributed by atoms with Crippen molar-refractivity contribution in [1.29, 1.82) is 0 Å². The fourth-order valence-electron chi connectivity index (χ4n) is 7.14. The summed E-state index contributed by atoms with van der Waals surface area (Å²) in [6.07, 6.45) is 1.98. The van der Waals surface area contributed by atoms with E-state index in [9.17, 15) is 0 Å². The van der Waals surface area contributed by atoms with Crippen LogP contribution in [-0.2, 0) is 0 Å². The van der Waals surface area contributed by atoms with Gasteiger partial charge in [0.05, 0.1) is 0 Å². The summed E-state index contributed by atoms with van der Waals surface area (Å²) >= 11 is -0.315. The Bertz CT molecular complexity index is 2630. The molecule has 1 aliphatic rings. The Morgan fingerprint density at radius 3 is 1.76 bits per heavy atom. The van der Waals surface area contributed by atoms with Gasteiger partial charge in [-0.25, -0.2) is 0 Å². The number of nitrogens with zero attached hydrogens (tertiary/aromatic N) is 3. The summed E-state index contributed by atoms with van der Waals surface area (Å²) in [4.78, 5) is 5.04. The fraction of sp³-hybridized carbons (Fsp3) is 0. The molecular weight excluding hydrogens is 661 g/mol. The minimum atomic E-state index is -0.315. The average Bonchev–Trinajstić information content (AvgIpc) is 3.76. The normalized spacial score (nSPS) is 12.5. The zero-order chi connectivity index (χ0) is 29.5. The number of hydrogen-bond acceptors (Lipinski definition) is 1. The molecule has 10 rings (SSSR count). The molecule has 1 aliphatic heterocycles. The molecule has 0 saturated heterocycles. The van der Waals surface area contributed by atoms with Crippen LogP contribution in [0.5, 0.6) is 0 Å². The molecule has 0 atom stereocenters. The van der Waals surface area contributed by atoms with Crippen LogP contribution in [0.2, 0.25) is 0 Å². The van der Waals surface area contributed by atoms with Crippen LogP contribution in [-0.4, -0.2) is 14.1 Å². The quantitative estimate of drug-likeness (QED) is 0.183. The van der Waals surface area contributed by atoms with Gasteiger partial charge in [0.1, 0.15) is 0 Å². The second-order valence-electron chi connectivity index (χ2n) is 11.6. The maximum Gasteiger partial charge on any atom is -0.0380 e. The molecule has 9 aromatic rings. The van der Waals surface area contributed by atoms with E-state index in [0.29, 0.717) is 0 Å². The van der Waals surface area contributed by atoms with Gasteiger partial charge in [-0.1, -0.05) is 30.3 Å².